The van der Waals surface area contributed by atoms with Crippen LogP contribution in [0.15, 0.2) is 0 Å². The topological polar surface area (TPSA) is 80.3 Å². The standard InChI is InChI=1S/C21H39F3O7S/c1-4-7-10-13-27-16-17-18(28-14-11-8-5-2)19(29-15-12-9-6-3)20(30-17)31-32(25,26)21(22,23)24/h17-20H,4-16H2,1-3H3/t17-,18-,19-,20+/m1/s1. The van der Waals surface area contributed by atoms with E-state index in [-0.39, 0.29) is 13.2 Å². The van der Waals surface area contributed by atoms with E-state index < -0.39 is 40.2 Å². The minimum Gasteiger partial charge on any atom is -0.379 e. The number of alkyl halides is 3. The average Bonchev–Trinajstić information content (AvgIpc) is 3.03. The lowest BCUT2D eigenvalue weighted by Crippen LogP contribution is -2.42. The van der Waals surface area contributed by atoms with Gasteiger partial charge in [-0.1, -0.05) is 59.3 Å². The highest BCUT2D eigenvalue weighted by atomic mass is 32.2. The maximum absolute atomic E-state index is 12.9. The smallest absolute Gasteiger partial charge is 0.379 e. The van der Waals surface area contributed by atoms with Crippen molar-refractivity contribution < 1.29 is 44.7 Å². The first-order valence-electron chi connectivity index (χ1n) is 11.6. The molecule has 0 aromatic carbocycles. The van der Waals surface area contributed by atoms with Crippen LogP contribution in [0.4, 0.5) is 13.2 Å². The van der Waals surface area contributed by atoms with E-state index in [2.05, 4.69) is 11.1 Å². The lowest BCUT2D eigenvalue weighted by molar-refractivity contribution is -0.144. The second kappa shape index (κ2) is 15.4. The van der Waals surface area contributed by atoms with Gasteiger partial charge in [-0.15, -0.1) is 0 Å². The number of hydrogen-bond donors (Lipinski definition) is 0. The number of halogens is 3. The van der Waals surface area contributed by atoms with Gasteiger partial charge < -0.3 is 18.9 Å². The van der Waals surface area contributed by atoms with Gasteiger partial charge in [0.1, 0.15) is 18.3 Å². The van der Waals surface area contributed by atoms with Crippen LogP contribution in [0.3, 0.4) is 0 Å². The van der Waals surface area contributed by atoms with E-state index >= 15 is 0 Å². The minimum absolute atomic E-state index is 0.0445. The van der Waals surface area contributed by atoms with Crippen molar-refractivity contribution in [2.45, 2.75) is 109 Å². The Kier molecular flexibility index (Phi) is 14.3. The van der Waals surface area contributed by atoms with Crippen molar-refractivity contribution in [2.24, 2.45) is 0 Å². The van der Waals surface area contributed by atoms with Crippen LogP contribution >= 0.6 is 0 Å². The maximum atomic E-state index is 12.9. The molecule has 11 heteroatoms. The number of hydrogen-bond acceptors (Lipinski definition) is 7. The van der Waals surface area contributed by atoms with Crippen molar-refractivity contribution in [3.05, 3.63) is 0 Å². The summed E-state index contributed by atoms with van der Waals surface area (Å²) in [6.07, 6.45) is 3.49. The molecule has 0 N–H and O–H groups in total. The Balaban J connectivity index is 2.93. The molecule has 7 nitrogen and oxygen atoms in total. The molecule has 192 valence electrons. The number of rotatable bonds is 18. The summed E-state index contributed by atoms with van der Waals surface area (Å²) in [7, 11) is -5.86. The van der Waals surface area contributed by atoms with E-state index in [1.165, 1.54) is 0 Å². The zero-order valence-electron chi connectivity index (χ0n) is 19.4. The Labute approximate surface area is 190 Å². The van der Waals surface area contributed by atoms with Gasteiger partial charge in [0, 0.05) is 19.8 Å². The highest BCUT2D eigenvalue weighted by Crippen LogP contribution is 2.33. The number of ether oxygens (including phenoxy) is 4. The molecule has 0 bridgehead atoms. The molecule has 0 spiro atoms. The molecule has 1 fully saturated rings. The molecule has 0 aromatic heterocycles. The van der Waals surface area contributed by atoms with Crippen LogP contribution in [0.2, 0.25) is 0 Å². The first-order valence-corrected chi connectivity index (χ1v) is 13.0. The van der Waals surface area contributed by atoms with Crippen molar-refractivity contribution in [3.8, 4) is 0 Å². The van der Waals surface area contributed by atoms with Gasteiger partial charge >= 0.3 is 15.6 Å². The van der Waals surface area contributed by atoms with Gasteiger partial charge in [0.25, 0.3) is 0 Å². The summed E-state index contributed by atoms with van der Waals surface area (Å²) < 4.78 is 89.2. The minimum atomic E-state index is -5.86. The Morgan fingerprint density at radius 1 is 0.781 bits per heavy atom. The van der Waals surface area contributed by atoms with Crippen LogP contribution < -0.4 is 0 Å². The van der Waals surface area contributed by atoms with Gasteiger partial charge in [-0.3, -0.25) is 0 Å². The molecule has 1 aliphatic heterocycles. The molecule has 32 heavy (non-hydrogen) atoms. The molecule has 0 unspecified atom stereocenters. The third kappa shape index (κ3) is 10.2. The first kappa shape index (κ1) is 29.6. The molecular weight excluding hydrogens is 453 g/mol. The van der Waals surface area contributed by atoms with Gasteiger partial charge in [-0.2, -0.15) is 21.6 Å². The zero-order valence-corrected chi connectivity index (χ0v) is 20.2. The van der Waals surface area contributed by atoms with Gasteiger partial charge in [-0.05, 0) is 19.3 Å². The summed E-state index contributed by atoms with van der Waals surface area (Å²) >= 11 is 0. The SMILES string of the molecule is CCCCCOC[C@H]1O[C@@H](OS(=O)(=O)C(F)(F)F)[C@H](OCCCCC)[C@@H]1OCCCCC. The van der Waals surface area contributed by atoms with Crippen LogP contribution in [0, 0.1) is 0 Å². The lowest BCUT2D eigenvalue weighted by Gasteiger charge is -2.25. The summed E-state index contributed by atoms with van der Waals surface area (Å²) in [5, 5.41) is 0. The highest BCUT2D eigenvalue weighted by Gasteiger charge is 2.54. The summed E-state index contributed by atoms with van der Waals surface area (Å²) in [4.78, 5) is 0. The Morgan fingerprint density at radius 2 is 1.28 bits per heavy atom. The molecule has 0 aliphatic carbocycles. The lowest BCUT2D eigenvalue weighted by atomic mass is 10.1. The molecule has 1 heterocycles. The van der Waals surface area contributed by atoms with Gasteiger partial charge in [-0.25, -0.2) is 4.18 Å². The second-order valence-corrected chi connectivity index (χ2v) is 9.47. The molecule has 1 saturated heterocycles. The second-order valence-electron chi connectivity index (χ2n) is 7.91. The fourth-order valence-electron chi connectivity index (χ4n) is 3.26. The predicted molar refractivity (Wildman–Crippen MR) is 114 cm³/mol. The van der Waals surface area contributed by atoms with E-state index in [0.29, 0.717) is 19.6 Å². The van der Waals surface area contributed by atoms with Gasteiger partial charge in [0.15, 0.2) is 0 Å². The average molecular weight is 493 g/mol. The summed E-state index contributed by atoms with van der Waals surface area (Å²) in [6, 6.07) is 0. The van der Waals surface area contributed by atoms with Crippen LogP contribution in [-0.2, 0) is 33.2 Å². The third-order valence-electron chi connectivity index (χ3n) is 5.06. The van der Waals surface area contributed by atoms with Crippen molar-refractivity contribution in [3.63, 3.8) is 0 Å². The van der Waals surface area contributed by atoms with E-state index in [4.69, 9.17) is 18.9 Å². The molecule has 0 radical (unpaired) electrons. The third-order valence-corrected chi connectivity index (χ3v) is 6.07. The van der Waals surface area contributed by atoms with Crippen LogP contribution in [0.25, 0.3) is 0 Å². The maximum Gasteiger partial charge on any atom is 0.523 e. The van der Waals surface area contributed by atoms with Crippen molar-refractivity contribution in [1.29, 1.82) is 0 Å². The summed E-state index contributed by atoms with van der Waals surface area (Å²) in [5.74, 6) is 0. The Hall–Kier alpha value is -0.460. The summed E-state index contributed by atoms with van der Waals surface area (Å²) in [5.41, 5.74) is -5.56. The van der Waals surface area contributed by atoms with E-state index in [0.717, 1.165) is 51.4 Å². The molecule has 4 atom stereocenters. The highest BCUT2D eigenvalue weighted by molar-refractivity contribution is 7.87. The van der Waals surface area contributed by atoms with E-state index in [1.807, 2.05) is 13.8 Å². The fraction of sp³-hybridized carbons (Fsp3) is 1.00. The molecule has 1 rings (SSSR count). The van der Waals surface area contributed by atoms with Gasteiger partial charge in [0.05, 0.1) is 6.61 Å². The molecule has 0 aromatic rings. The normalized spacial score (nSPS) is 24.3. The fourth-order valence-corrected chi connectivity index (χ4v) is 3.77. The van der Waals surface area contributed by atoms with Crippen LogP contribution in [-0.4, -0.2) is 65.0 Å². The van der Waals surface area contributed by atoms with Crippen molar-refractivity contribution in [2.75, 3.05) is 26.4 Å². The number of unbranched alkanes of at least 4 members (excludes halogenated alkanes) is 6. The summed E-state index contributed by atoms with van der Waals surface area (Å²) in [6.45, 7) is 7.19. The first-order chi connectivity index (χ1) is 15.2. The zero-order chi connectivity index (χ0) is 24.0. The largest absolute Gasteiger partial charge is 0.523 e. The predicted octanol–water partition coefficient (Wildman–Crippen LogP) is 4.94. The van der Waals surface area contributed by atoms with Crippen LogP contribution in [0.1, 0.15) is 78.6 Å². The van der Waals surface area contributed by atoms with E-state index in [9.17, 15) is 21.6 Å². The quantitative estimate of drug-likeness (QED) is 0.152. The molecule has 0 saturated carbocycles. The van der Waals surface area contributed by atoms with Crippen molar-refractivity contribution >= 4 is 10.1 Å². The Morgan fingerprint density at radius 3 is 1.78 bits per heavy atom. The van der Waals surface area contributed by atoms with E-state index in [1.54, 1.807) is 0 Å². The van der Waals surface area contributed by atoms with Gasteiger partial charge in [0.2, 0.25) is 6.29 Å². The monoisotopic (exact) mass is 492 g/mol. The molecular formula is C21H39F3O7S. The molecule has 1 aliphatic rings. The van der Waals surface area contributed by atoms with Crippen molar-refractivity contribution in [1.82, 2.24) is 0 Å². The Bertz CT molecular complexity index is 586. The van der Waals surface area contributed by atoms with Crippen LogP contribution in [0.5, 0.6) is 0 Å². The molecule has 0 amide bonds.